The van der Waals surface area contributed by atoms with Crippen LogP contribution in [0.4, 0.5) is 0 Å². The van der Waals surface area contributed by atoms with Crippen molar-refractivity contribution < 1.29 is 9.53 Å². The number of carbonyl (C=O) groups excluding carboxylic acids is 1. The number of ketones is 1. The van der Waals surface area contributed by atoms with Gasteiger partial charge in [-0.1, -0.05) is 35.9 Å². The maximum atomic E-state index is 12.4. The second-order valence-corrected chi connectivity index (χ2v) is 4.85. The third-order valence-corrected chi connectivity index (χ3v) is 3.58. The Labute approximate surface area is 110 Å². The molecule has 1 aromatic carbocycles. The molecule has 1 unspecified atom stereocenters. The van der Waals surface area contributed by atoms with Crippen LogP contribution in [0.15, 0.2) is 41.7 Å². The minimum Gasteiger partial charge on any atom is -0.492 e. The topological polar surface area (TPSA) is 52.3 Å². The number of allylic oxidation sites excluding steroid dienone is 2. The number of fused-ring (bicyclic) bond motifs is 1. The van der Waals surface area contributed by atoms with E-state index in [0.717, 1.165) is 5.56 Å². The number of halogens is 1. The Morgan fingerprint density at radius 3 is 3.06 bits per heavy atom. The summed E-state index contributed by atoms with van der Waals surface area (Å²) in [6, 6.07) is 5.24. The maximum absolute atomic E-state index is 12.4. The lowest BCUT2D eigenvalue weighted by molar-refractivity contribution is 0.103. The van der Waals surface area contributed by atoms with Crippen molar-refractivity contribution >= 4 is 17.4 Å². The van der Waals surface area contributed by atoms with Gasteiger partial charge >= 0.3 is 0 Å². The van der Waals surface area contributed by atoms with Gasteiger partial charge in [0.25, 0.3) is 0 Å². The van der Waals surface area contributed by atoms with Crippen LogP contribution >= 0.6 is 11.6 Å². The summed E-state index contributed by atoms with van der Waals surface area (Å²) in [5, 5.41) is 0.564. The summed E-state index contributed by atoms with van der Waals surface area (Å²) < 4.78 is 5.70. The van der Waals surface area contributed by atoms with Gasteiger partial charge in [0.2, 0.25) is 0 Å². The molecule has 2 N–H and O–H groups in total. The average molecular weight is 262 g/mol. The van der Waals surface area contributed by atoms with Gasteiger partial charge in [0.15, 0.2) is 5.78 Å². The molecule has 3 rings (SSSR count). The van der Waals surface area contributed by atoms with E-state index in [1.165, 1.54) is 0 Å². The summed E-state index contributed by atoms with van der Waals surface area (Å²) in [7, 11) is 0. The first-order valence-electron chi connectivity index (χ1n) is 5.78. The molecule has 18 heavy (non-hydrogen) atoms. The molecule has 0 amide bonds. The quantitative estimate of drug-likeness (QED) is 0.781. The number of hydrogen-bond donors (Lipinski definition) is 1. The van der Waals surface area contributed by atoms with Crippen LogP contribution in [0.3, 0.4) is 0 Å². The van der Waals surface area contributed by atoms with Gasteiger partial charge in [-0.15, -0.1) is 0 Å². The molecule has 3 nitrogen and oxygen atoms in total. The van der Waals surface area contributed by atoms with E-state index in [-0.39, 0.29) is 11.8 Å². The highest BCUT2D eigenvalue weighted by Crippen LogP contribution is 2.32. The molecule has 1 aromatic rings. The van der Waals surface area contributed by atoms with Crippen molar-refractivity contribution in [2.24, 2.45) is 5.73 Å². The summed E-state index contributed by atoms with van der Waals surface area (Å²) in [4.78, 5) is 12.4. The fourth-order valence-corrected chi connectivity index (χ4v) is 2.50. The number of ether oxygens (including phenoxy) is 1. The lowest BCUT2D eigenvalue weighted by atomic mass is 9.94. The molecule has 1 atom stereocenters. The van der Waals surface area contributed by atoms with E-state index in [1.807, 2.05) is 6.08 Å². The number of carbonyl (C=O) groups is 1. The molecule has 0 fully saturated rings. The van der Waals surface area contributed by atoms with E-state index in [4.69, 9.17) is 22.1 Å². The third kappa shape index (κ3) is 1.76. The molecule has 4 heteroatoms. The van der Waals surface area contributed by atoms with Crippen molar-refractivity contribution in [3.05, 3.63) is 57.8 Å². The van der Waals surface area contributed by atoms with Gasteiger partial charge in [-0.2, -0.15) is 0 Å². The van der Waals surface area contributed by atoms with Gasteiger partial charge in [-0.25, -0.2) is 0 Å². The number of Topliss-reactive ketones (excluding diaryl/α,β-unsaturated/α-hetero) is 1. The minimum atomic E-state index is -0.0896. The number of hydrogen-bond acceptors (Lipinski definition) is 3. The zero-order valence-electron chi connectivity index (χ0n) is 9.65. The normalized spacial score (nSPS) is 22.1. The number of rotatable bonds is 0. The molecule has 2 aliphatic rings. The van der Waals surface area contributed by atoms with Crippen LogP contribution in [0.2, 0.25) is 5.02 Å². The van der Waals surface area contributed by atoms with E-state index in [1.54, 1.807) is 24.3 Å². The van der Waals surface area contributed by atoms with Crippen molar-refractivity contribution in [2.75, 3.05) is 0 Å². The molecule has 1 aliphatic heterocycles. The third-order valence-electron chi connectivity index (χ3n) is 3.23. The van der Waals surface area contributed by atoms with Crippen LogP contribution in [0, 0.1) is 0 Å². The second kappa shape index (κ2) is 4.26. The zero-order valence-corrected chi connectivity index (χ0v) is 10.4. The lowest BCUT2D eigenvalue weighted by Gasteiger charge is -2.17. The van der Waals surface area contributed by atoms with Crippen molar-refractivity contribution in [3.8, 4) is 0 Å². The van der Waals surface area contributed by atoms with E-state index in [9.17, 15) is 4.79 Å². The van der Waals surface area contributed by atoms with E-state index in [0.29, 0.717) is 34.9 Å². The Hall–Kier alpha value is -1.58. The second-order valence-electron chi connectivity index (χ2n) is 4.45. The van der Waals surface area contributed by atoms with Gasteiger partial charge in [0.1, 0.15) is 12.4 Å². The average Bonchev–Trinajstić information content (AvgIpc) is 2.49. The SMILES string of the molecule is NC1C=CC2=C(C1)OCc1c(Cl)cccc1C2=O. The molecule has 0 saturated heterocycles. The van der Waals surface area contributed by atoms with Crippen molar-refractivity contribution in [2.45, 2.75) is 19.1 Å². The monoisotopic (exact) mass is 261 g/mol. The fraction of sp³-hybridized carbons (Fsp3) is 0.214. The van der Waals surface area contributed by atoms with E-state index in [2.05, 4.69) is 0 Å². The Morgan fingerprint density at radius 1 is 1.39 bits per heavy atom. The van der Waals surface area contributed by atoms with Crippen molar-refractivity contribution in [3.63, 3.8) is 0 Å². The van der Waals surface area contributed by atoms with Crippen LogP contribution in [-0.2, 0) is 11.3 Å². The van der Waals surface area contributed by atoms with Crippen LogP contribution in [0.25, 0.3) is 0 Å². The predicted molar refractivity (Wildman–Crippen MR) is 69.3 cm³/mol. The smallest absolute Gasteiger partial charge is 0.196 e. The highest BCUT2D eigenvalue weighted by molar-refractivity contribution is 6.32. The Bertz CT molecular complexity index is 589. The Balaban J connectivity index is 2.11. The fourth-order valence-electron chi connectivity index (χ4n) is 2.27. The molecule has 0 radical (unpaired) electrons. The van der Waals surface area contributed by atoms with Crippen LogP contribution in [0.1, 0.15) is 22.3 Å². The van der Waals surface area contributed by atoms with Crippen molar-refractivity contribution in [1.29, 1.82) is 0 Å². The molecule has 0 saturated carbocycles. The van der Waals surface area contributed by atoms with Crippen LogP contribution in [-0.4, -0.2) is 11.8 Å². The molecule has 1 aliphatic carbocycles. The van der Waals surface area contributed by atoms with Crippen LogP contribution < -0.4 is 5.73 Å². The molecule has 92 valence electrons. The summed E-state index contributed by atoms with van der Waals surface area (Å²) in [6.45, 7) is 0.320. The molecule has 0 spiro atoms. The molecule has 0 bridgehead atoms. The molecular weight excluding hydrogens is 250 g/mol. The van der Waals surface area contributed by atoms with Gasteiger partial charge < -0.3 is 10.5 Å². The van der Waals surface area contributed by atoms with E-state index < -0.39 is 0 Å². The standard InChI is InChI=1S/C14H12ClNO2/c15-12-3-1-2-9-11(12)7-18-13-6-8(16)4-5-10(13)14(9)17/h1-5,8H,6-7,16H2. The Kier molecular flexibility index (Phi) is 2.73. The summed E-state index contributed by atoms with van der Waals surface area (Å²) >= 11 is 6.11. The summed E-state index contributed by atoms with van der Waals surface area (Å²) in [6.07, 6.45) is 4.14. The zero-order chi connectivity index (χ0) is 12.7. The molecule has 0 aromatic heterocycles. The van der Waals surface area contributed by atoms with Gasteiger partial charge in [0.05, 0.1) is 5.57 Å². The summed E-state index contributed by atoms with van der Waals surface area (Å²) in [5.41, 5.74) is 7.80. The lowest BCUT2D eigenvalue weighted by Crippen LogP contribution is -2.22. The molecular formula is C14H12ClNO2. The Morgan fingerprint density at radius 2 is 2.22 bits per heavy atom. The first-order chi connectivity index (χ1) is 8.66. The van der Waals surface area contributed by atoms with E-state index >= 15 is 0 Å². The molecule has 1 heterocycles. The highest BCUT2D eigenvalue weighted by atomic mass is 35.5. The number of benzene rings is 1. The van der Waals surface area contributed by atoms with Crippen molar-refractivity contribution in [1.82, 2.24) is 0 Å². The van der Waals surface area contributed by atoms with Crippen LogP contribution in [0.5, 0.6) is 0 Å². The predicted octanol–water partition coefficient (Wildman–Crippen LogP) is 2.59. The van der Waals surface area contributed by atoms with Gasteiger partial charge in [-0.3, -0.25) is 4.79 Å². The van der Waals surface area contributed by atoms with Gasteiger partial charge in [0, 0.05) is 28.6 Å². The summed E-state index contributed by atoms with van der Waals surface area (Å²) in [5.74, 6) is 0.630. The van der Waals surface area contributed by atoms with Gasteiger partial charge in [-0.05, 0) is 6.07 Å². The highest BCUT2D eigenvalue weighted by Gasteiger charge is 2.27. The minimum absolute atomic E-state index is 0.0387. The number of nitrogens with two attached hydrogens (primary N) is 1. The maximum Gasteiger partial charge on any atom is 0.196 e. The first kappa shape index (κ1) is 11.5. The largest absolute Gasteiger partial charge is 0.492 e. The first-order valence-corrected chi connectivity index (χ1v) is 6.16.